The quantitative estimate of drug-likeness (QED) is 0.472. The minimum absolute atomic E-state index is 0.0907. The Bertz CT molecular complexity index is 1280. The summed E-state index contributed by atoms with van der Waals surface area (Å²) in [4.78, 5) is 18.7. The number of carbonyl (C=O) groups excluding carboxylic acids is 1. The van der Waals surface area contributed by atoms with Gasteiger partial charge in [0.15, 0.2) is 5.65 Å². The summed E-state index contributed by atoms with van der Waals surface area (Å²) in [6, 6.07) is 13.8. The molecule has 1 aromatic carbocycles. The van der Waals surface area contributed by atoms with Crippen molar-refractivity contribution < 1.29 is 4.79 Å². The van der Waals surface area contributed by atoms with Crippen LogP contribution in [0.15, 0.2) is 54.9 Å². The minimum Gasteiger partial charge on any atom is -0.347 e. The average Bonchev–Trinajstić information content (AvgIpc) is 3.42. The third kappa shape index (κ3) is 4.27. The van der Waals surface area contributed by atoms with Crippen molar-refractivity contribution in [3.63, 3.8) is 0 Å². The van der Waals surface area contributed by atoms with Gasteiger partial charge in [-0.1, -0.05) is 39.0 Å². The highest BCUT2D eigenvalue weighted by Gasteiger charge is 2.31. The van der Waals surface area contributed by atoms with Gasteiger partial charge in [-0.15, -0.1) is 0 Å². The number of rotatable bonds is 6. The van der Waals surface area contributed by atoms with E-state index in [9.17, 15) is 4.79 Å². The van der Waals surface area contributed by atoms with Crippen molar-refractivity contribution >= 4 is 16.9 Å². The number of aryl methyl sites for hydroxylation is 1. The molecule has 1 amide bonds. The average molecular weight is 443 g/mol. The molecule has 170 valence electrons. The van der Waals surface area contributed by atoms with E-state index >= 15 is 0 Å². The largest absolute Gasteiger partial charge is 0.347 e. The lowest BCUT2D eigenvalue weighted by Gasteiger charge is -2.31. The van der Waals surface area contributed by atoms with Crippen LogP contribution in [0.2, 0.25) is 0 Å². The topological polar surface area (TPSA) is 77.6 Å². The SMILES string of the molecule is Cc1nn(-c2ccccc2)c2nc(C3CC3)cc(C(=O)N[C@H](Cn3cccn3)C(C)(C)C)c12. The van der Waals surface area contributed by atoms with Gasteiger partial charge in [0.25, 0.3) is 5.91 Å². The fourth-order valence-electron chi connectivity index (χ4n) is 4.19. The maximum atomic E-state index is 13.7. The van der Waals surface area contributed by atoms with E-state index in [1.807, 2.05) is 64.9 Å². The first-order valence-electron chi connectivity index (χ1n) is 11.6. The van der Waals surface area contributed by atoms with Gasteiger partial charge in [0.2, 0.25) is 0 Å². The van der Waals surface area contributed by atoms with Crippen LogP contribution in [0.5, 0.6) is 0 Å². The predicted molar refractivity (Wildman–Crippen MR) is 129 cm³/mol. The van der Waals surface area contributed by atoms with Gasteiger partial charge >= 0.3 is 0 Å². The number of aromatic nitrogens is 5. The van der Waals surface area contributed by atoms with Crippen LogP contribution in [0.1, 0.15) is 61.3 Å². The van der Waals surface area contributed by atoms with Gasteiger partial charge in [0, 0.05) is 24.0 Å². The normalized spacial score (nSPS) is 15.0. The summed E-state index contributed by atoms with van der Waals surface area (Å²) in [5, 5.41) is 13.2. The molecule has 1 aliphatic rings. The first kappa shape index (κ1) is 21.4. The van der Waals surface area contributed by atoms with E-state index < -0.39 is 0 Å². The van der Waals surface area contributed by atoms with E-state index in [1.165, 1.54) is 0 Å². The number of para-hydroxylation sites is 1. The standard InChI is InChI=1S/C26H30N6O/c1-17-23-20(25(33)29-22(26(2,3)4)16-31-14-8-13-27-31)15-21(18-11-12-18)28-24(23)32(30-17)19-9-6-5-7-10-19/h5-10,13-15,18,22H,11-12,16H2,1-4H3,(H,29,33)/t22-/m1/s1. The number of benzene rings is 1. The molecule has 0 saturated heterocycles. The van der Waals surface area contributed by atoms with Crippen LogP contribution in [-0.4, -0.2) is 36.5 Å². The predicted octanol–water partition coefficient (Wildman–Crippen LogP) is 4.65. The molecule has 0 radical (unpaired) electrons. The van der Waals surface area contributed by atoms with Gasteiger partial charge < -0.3 is 5.32 Å². The van der Waals surface area contributed by atoms with E-state index in [0.29, 0.717) is 18.0 Å². The van der Waals surface area contributed by atoms with Crippen LogP contribution >= 0.6 is 0 Å². The Morgan fingerprint density at radius 3 is 2.58 bits per heavy atom. The smallest absolute Gasteiger partial charge is 0.252 e. The van der Waals surface area contributed by atoms with Crippen molar-refractivity contribution in [3.05, 3.63) is 71.8 Å². The molecule has 3 aromatic heterocycles. The highest BCUT2D eigenvalue weighted by Crippen LogP contribution is 2.40. The summed E-state index contributed by atoms with van der Waals surface area (Å²) in [5.41, 5.74) is 3.96. The molecule has 0 spiro atoms. The Balaban J connectivity index is 1.58. The molecule has 1 atom stereocenters. The van der Waals surface area contributed by atoms with E-state index in [1.54, 1.807) is 6.20 Å². The monoisotopic (exact) mass is 442 g/mol. The summed E-state index contributed by atoms with van der Waals surface area (Å²) >= 11 is 0. The molecule has 1 saturated carbocycles. The molecule has 1 fully saturated rings. The van der Waals surface area contributed by atoms with E-state index in [-0.39, 0.29) is 17.4 Å². The van der Waals surface area contributed by atoms with Gasteiger partial charge in [-0.2, -0.15) is 10.2 Å². The Labute approximate surface area is 193 Å². The molecule has 1 N–H and O–H groups in total. The van der Waals surface area contributed by atoms with Crippen molar-refractivity contribution in [3.8, 4) is 5.69 Å². The molecule has 33 heavy (non-hydrogen) atoms. The first-order chi connectivity index (χ1) is 15.8. The molecule has 0 bridgehead atoms. The van der Waals surface area contributed by atoms with Crippen LogP contribution < -0.4 is 5.32 Å². The summed E-state index contributed by atoms with van der Waals surface area (Å²) < 4.78 is 3.73. The summed E-state index contributed by atoms with van der Waals surface area (Å²) in [6.07, 6.45) is 5.91. The zero-order valence-electron chi connectivity index (χ0n) is 19.6. The van der Waals surface area contributed by atoms with Crippen LogP contribution in [0.25, 0.3) is 16.7 Å². The van der Waals surface area contributed by atoms with Gasteiger partial charge in [0.1, 0.15) is 0 Å². The Morgan fingerprint density at radius 1 is 1.18 bits per heavy atom. The molecule has 0 aliphatic heterocycles. The van der Waals surface area contributed by atoms with Gasteiger partial charge in [0.05, 0.1) is 34.9 Å². The fraction of sp³-hybridized carbons (Fsp3) is 0.385. The Hall–Kier alpha value is -3.48. The number of hydrogen-bond acceptors (Lipinski definition) is 4. The van der Waals surface area contributed by atoms with Crippen LogP contribution in [-0.2, 0) is 6.54 Å². The minimum atomic E-state index is -0.143. The van der Waals surface area contributed by atoms with E-state index in [0.717, 1.165) is 41.0 Å². The lowest BCUT2D eigenvalue weighted by Crippen LogP contribution is -2.46. The number of carbonyl (C=O) groups is 1. The van der Waals surface area contributed by atoms with Gasteiger partial charge in [-0.3, -0.25) is 9.48 Å². The number of nitrogens with one attached hydrogen (secondary N) is 1. The molecule has 7 nitrogen and oxygen atoms in total. The van der Waals surface area contributed by atoms with Crippen LogP contribution in [0, 0.1) is 12.3 Å². The number of nitrogens with zero attached hydrogens (tertiary/aromatic N) is 5. The van der Waals surface area contributed by atoms with Crippen molar-refractivity contribution in [1.29, 1.82) is 0 Å². The number of amides is 1. The Kier molecular flexibility index (Phi) is 5.27. The molecule has 3 heterocycles. The lowest BCUT2D eigenvalue weighted by molar-refractivity contribution is 0.0892. The van der Waals surface area contributed by atoms with Crippen molar-refractivity contribution in [2.24, 2.45) is 5.41 Å². The van der Waals surface area contributed by atoms with Crippen molar-refractivity contribution in [2.75, 3.05) is 0 Å². The summed E-state index contributed by atoms with van der Waals surface area (Å²) in [5.74, 6) is 0.329. The van der Waals surface area contributed by atoms with Crippen molar-refractivity contribution in [2.45, 2.75) is 59.0 Å². The zero-order valence-corrected chi connectivity index (χ0v) is 19.6. The zero-order chi connectivity index (χ0) is 23.2. The maximum absolute atomic E-state index is 13.7. The van der Waals surface area contributed by atoms with Crippen LogP contribution in [0.3, 0.4) is 0 Å². The highest BCUT2D eigenvalue weighted by atomic mass is 16.1. The third-order valence-electron chi connectivity index (χ3n) is 6.35. The number of pyridine rings is 1. The molecule has 5 rings (SSSR count). The molecule has 4 aromatic rings. The fourth-order valence-corrected chi connectivity index (χ4v) is 4.19. The van der Waals surface area contributed by atoms with Gasteiger partial charge in [-0.05, 0) is 49.4 Å². The highest BCUT2D eigenvalue weighted by molar-refractivity contribution is 6.07. The van der Waals surface area contributed by atoms with Crippen molar-refractivity contribution in [1.82, 2.24) is 29.9 Å². The molecular formula is C26H30N6O. The summed E-state index contributed by atoms with van der Waals surface area (Å²) in [7, 11) is 0. The lowest BCUT2D eigenvalue weighted by atomic mass is 9.86. The molecule has 0 unspecified atom stereocenters. The second kappa shape index (κ2) is 8.14. The number of hydrogen-bond donors (Lipinski definition) is 1. The third-order valence-corrected chi connectivity index (χ3v) is 6.35. The Morgan fingerprint density at radius 2 is 1.94 bits per heavy atom. The van der Waals surface area contributed by atoms with Gasteiger partial charge in [-0.25, -0.2) is 9.67 Å². The summed E-state index contributed by atoms with van der Waals surface area (Å²) in [6.45, 7) is 8.96. The van der Waals surface area contributed by atoms with Crippen LogP contribution in [0.4, 0.5) is 0 Å². The molecule has 7 heteroatoms. The van der Waals surface area contributed by atoms with E-state index in [4.69, 9.17) is 10.1 Å². The van der Waals surface area contributed by atoms with E-state index in [2.05, 4.69) is 31.2 Å². The molecule has 1 aliphatic carbocycles. The maximum Gasteiger partial charge on any atom is 0.252 e. The number of fused-ring (bicyclic) bond motifs is 1. The molecular weight excluding hydrogens is 412 g/mol. The first-order valence-corrected chi connectivity index (χ1v) is 11.6. The second-order valence-electron chi connectivity index (χ2n) is 10.0. The second-order valence-corrected chi connectivity index (χ2v) is 10.0.